The molecule has 1 rings (SSSR count). The van der Waals surface area contributed by atoms with Crippen molar-refractivity contribution in [3.8, 4) is 0 Å². The molecule has 1 N–H and O–H groups in total. The average molecular weight is 201 g/mol. The van der Waals surface area contributed by atoms with Crippen LogP contribution in [0.4, 0.5) is 4.79 Å². The first kappa shape index (κ1) is 10.8. The number of rotatable bonds is 1. The summed E-state index contributed by atoms with van der Waals surface area (Å²) in [6, 6.07) is -0.0800. The second-order valence-corrected chi connectivity index (χ2v) is 3.67. The van der Waals surface area contributed by atoms with Crippen LogP contribution < -0.4 is 0 Å². The van der Waals surface area contributed by atoms with Crippen molar-refractivity contribution in [3.63, 3.8) is 0 Å². The molecule has 3 unspecified atom stereocenters. The van der Waals surface area contributed by atoms with Gasteiger partial charge in [0.2, 0.25) is 0 Å². The van der Waals surface area contributed by atoms with Crippen LogP contribution in [0.3, 0.4) is 0 Å². The summed E-state index contributed by atoms with van der Waals surface area (Å²) in [4.78, 5) is 23.5. The van der Waals surface area contributed by atoms with Gasteiger partial charge in [0.05, 0.1) is 13.0 Å². The Morgan fingerprint density at radius 2 is 2.00 bits per heavy atom. The fraction of sp³-hybridized carbons (Fsp3) is 0.778. The lowest BCUT2D eigenvalue weighted by Crippen LogP contribution is -2.35. The van der Waals surface area contributed by atoms with Crippen LogP contribution in [0.1, 0.15) is 13.8 Å². The van der Waals surface area contributed by atoms with Gasteiger partial charge in [-0.15, -0.1) is 0 Å². The minimum atomic E-state index is -0.851. The zero-order valence-electron chi connectivity index (χ0n) is 8.56. The maximum Gasteiger partial charge on any atom is 0.409 e. The van der Waals surface area contributed by atoms with E-state index in [2.05, 4.69) is 4.74 Å². The predicted octanol–water partition coefficient (Wildman–Crippen LogP) is 0.794. The van der Waals surface area contributed by atoms with E-state index in [9.17, 15) is 9.59 Å². The molecule has 1 heterocycles. The third-order valence-corrected chi connectivity index (χ3v) is 3.01. The van der Waals surface area contributed by atoms with Gasteiger partial charge in [-0.05, 0) is 12.8 Å². The van der Waals surface area contributed by atoms with Crippen molar-refractivity contribution in [2.24, 2.45) is 11.8 Å². The van der Waals surface area contributed by atoms with E-state index in [0.717, 1.165) is 0 Å². The Bertz CT molecular complexity index is 253. The number of methoxy groups -OCH3 is 1. The van der Waals surface area contributed by atoms with E-state index in [1.54, 1.807) is 0 Å². The zero-order chi connectivity index (χ0) is 10.9. The van der Waals surface area contributed by atoms with Crippen LogP contribution >= 0.6 is 0 Å². The van der Waals surface area contributed by atoms with Gasteiger partial charge in [0.15, 0.2) is 0 Å². The lowest BCUT2D eigenvalue weighted by molar-refractivity contribution is -0.142. The maximum absolute atomic E-state index is 11.2. The summed E-state index contributed by atoms with van der Waals surface area (Å²) in [6.07, 6.45) is -0.451. The number of ether oxygens (including phenoxy) is 1. The highest BCUT2D eigenvalue weighted by Crippen LogP contribution is 2.29. The van der Waals surface area contributed by atoms with Gasteiger partial charge in [-0.2, -0.15) is 0 Å². The second-order valence-electron chi connectivity index (χ2n) is 3.67. The number of likely N-dealkylation sites (tertiary alicyclic amines) is 1. The highest BCUT2D eigenvalue weighted by Gasteiger charge is 2.42. The van der Waals surface area contributed by atoms with Crippen molar-refractivity contribution < 1.29 is 19.4 Å². The van der Waals surface area contributed by atoms with E-state index in [4.69, 9.17) is 5.11 Å². The van der Waals surface area contributed by atoms with Crippen molar-refractivity contribution in [2.75, 3.05) is 13.7 Å². The molecule has 0 bridgehead atoms. The van der Waals surface area contributed by atoms with Gasteiger partial charge >= 0.3 is 12.1 Å². The summed E-state index contributed by atoms with van der Waals surface area (Å²) < 4.78 is 4.58. The number of hydrogen-bond donors (Lipinski definition) is 1. The number of carbonyl (C=O) groups is 2. The molecule has 1 fully saturated rings. The number of carbonyl (C=O) groups excluding carboxylic acids is 1. The zero-order valence-corrected chi connectivity index (χ0v) is 8.56. The first-order valence-electron chi connectivity index (χ1n) is 4.56. The SMILES string of the molecule is COC(=O)N1CC(C(=O)O)C(C)C1C. The van der Waals surface area contributed by atoms with Crippen LogP contribution in [0.2, 0.25) is 0 Å². The molecule has 0 saturated carbocycles. The van der Waals surface area contributed by atoms with Crippen LogP contribution in [-0.2, 0) is 9.53 Å². The Labute approximate surface area is 82.6 Å². The summed E-state index contributed by atoms with van der Waals surface area (Å²) in [5.74, 6) is -1.37. The molecule has 5 heteroatoms. The van der Waals surface area contributed by atoms with Crippen LogP contribution in [0, 0.1) is 11.8 Å². The number of carboxylic acids is 1. The smallest absolute Gasteiger partial charge is 0.409 e. The molecule has 0 spiro atoms. The minimum Gasteiger partial charge on any atom is -0.481 e. The first-order valence-corrected chi connectivity index (χ1v) is 4.56. The van der Waals surface area contributed by atoms with Crippen LogP contribution in [0.25, 0.3) is 0 Å². The Balaban J connectivity index is 2.76. The Morgan fingerprint density at radius 3 is 2.36 bits per heavy atom. The number of hydrogen-bond acceptors (Lipinski definition) is 3. The van der Waals surface area contributed by atoms with E-state index in [0.29, 0.717) is 0 Å². The Hall–Kier alpha value is -1.26. The molecular weight excluding hydrogens is 186 g/mol. The van der Waals surface area contributed by atoms with Gasteiger partial charge in [0.25, 0.3) is 0 Å². The summed E-state index contributed by atoms with van der Waals surface area (Å²) in [5, 5.41) is 8.89. The van der Waals surface area contributed by atoms with Gasteiger partial charge in [0, 0.05) is 12.6 Å². The van der Waals surface area contributed by atoms with Crippen molar-refractivity contribution in [2.45, 2.75) is 19.9 Å². The molecule has 0 aliphatic carbocycles. The molecule has 1 aliphatic rings. The van der Waals surface area contributed by atoms with Gasteiger partial charge in [0.1, 0.15) is 0 Å². The maximum atomic E-state index is 11.2. The van der Waals surface area contributed by atoms with E-state index in [1.807, 2.05) is 13.8 Å². The topological polar surface area (TPSA) is 66.8 Å². The highest BCUT2D eigenvalue weighted by molar-refractivity contribution is 5.74. The van der Waals surface area contributed by atoms with Gasteiger partial charge in [-0.25, -0.2) is 4.79 Å². The van der Waals surface area contributed by atoms with E-state index >= 15 is 0 Å². The molecule has 0 radical (unpaired) electrons. The van der Waals surface area contributed by atoms with Crippen LogP contribution in [0.15, 0.2) is 0 Å². The first-order chi connectivity index (χ1) is 6.49. The summed E-state index contributed by atoms with van der Waals surface area (Å²) in [7, 11) is 1.30. The molecule has 3 atom stereocenters. The summed E-state index contributed by atoms with van der Waals surface area (Å²) >= 11 is 0. The normalized spacial score (nSPS) is 31.6. The summed E-state index contributed by atoms with van der Waals surface area (Å²) in [5.41, 5.74) is 0. The lowest BCUT2D eigenvalue weighted by Gasteiger charge is -2.21. The lowest BCUT2D eigenvalue weighted by atomic mass is 9.94. The molecule has 5 nitrogen and oxygen atoms in total. The molecule has 1 aliphatic heterocycles. The van der Waals surface area contributed by atoms with Gasteiger partial charge in [-0.3, -0.25) is 4.79 Å². The van der Waals surface area contributed by atoms with E-state index in [1.165, 1.54) is 12.0 Å². The third-order valence-electron chi connectivity index (χ3n) is 3.01. The molecule has 1 amide bonds. The average Bonchev–Trinajstić information content (AvgIpc) is 2.43. The fourth-order valence-corrected chi connectivity index (χ4v) is 1.83. The van der Waals surface area contributed by atoms with Crippen molar-refractivity contribution in [1.29, 1.82) is 0 Å². The molecule has 0 aromatic rings. The van der Waals surface area contributed by atoms with Gasteiger partial charge in [-0.1, -0.05) is 6.92 Å². The standard InChI is InChI=1S/C9H15NO4/c1-5-6(2)10(9(13)14-3)4-7(5)8(11)12/h5-7H,4H2,1-3H3,(H,11,12). The molecule has 80 valence electrons. The van der Waals surface area contributed by atoms with E-state index in [-0.39, 0.29) is 18.5 Å². The monoisotopic (exact) mass is 201 g/mol. The van der Waals surface area contributed by atoms with Crippen molar-refractivity contribution in [3.05, 3.63) is 0 Å². The third kappa shape index (κ3) is 1.66. The largest absolute Gasteiger partial charge is 0.481 e. The van der Waals surface area contributed by atoms with Gasteiger partial charge < -0.3 is 14.7 Å². The molecule has 14 heavy (non-hydrogen) atoms. The number of nitrogens with zero attached hydrogens (tertiary/aromatic N) is 1. The van der Waals surface area contributed by atoms with Crippen LogP contribution in [0.5, 0.6) is 0 Å². The summed E-state index contributed by atoms with van der Waals surface area (Å²) in [6.45, 7) is 3.92. The quantitative estimate of drug-likeness (QED) is 0.681. The number of carboxylic acid groups (broad SMARTS) is 1. The number of aliphatic carboxylic acids is 1. The predicted molar refractivity (Wildman–Crippen MR) is 48.9 cm³/mol. The van der Waals surface area contributed by atoms with Crippen LogP contribution in [-0.4, -0.2) is 41.8 Å². The molecular formula is C9H15NO4. The molecule has 1 saturated heterocycles. The minimum absolute atomic E-state index is 0.0356. The second kappa shape index (κ2) is 3.86. The number of amides is 1. The Morgan fingerprint density at radius 1 is 1.43 bits per heavy atom. The highest BCUT2D eigenvalue weighted by atomic mass is 16.5. The van der Waals surface area contributed by atoms with E-state index < -0.39 is 18.0 Å². The van der Waals surface area contributed by atoms with Crippen molar-refractivity contribution >= 4 is 12.1 Å². The Kier molecular flexibility index (Phi) is 2.98. The molecule has 0 aromatic heterocycles. The van der Waals surface area contributed by atoms with Crippen molar-refractivity contribution in [1.82, 2.24) is 4.90 Å². The fourth-order valence-electron chi connectivity index (χ4n) is 1.83. The molecule has 0 aromatic carbocycles.